The lowest BCUT2D eigenvalue weighted by atomic mass is 9.83. The Morgan fingerprint density at radius 3 is 2.56 bits per heavy atom. The van der Waals surface area contributed by atoms with E-state index in [2.05, 4.69) is 6.07 Å². The Labute approximate surface area is 246 Å². The molecule has 2 atom stereocenters. The molecule has 2 N–H and O–H groups in total. The van der Waals surface area contributed by atoms with Crippen LogP contribution >= 0.6 is 0 Å². The molecule has 43 heavy (non-hydrogen) atoms. The smallest absolute Gasteiger partial charge is 0.356 e. The number of methoxy groups -OCH3 is 1. The third-order valence-corrected chi connectivity index (χ3v) is 7.01. The van der Waals surface area contributed by atoms with Crippen LogP contribution in [0.3, 0.4) is 0 Å². The van der Waals surface area contributed by atoms with Crippen LogP contribution in [0.4, 0.5) is 4.39 Å². The highest BCUT2D eigenvalue weighted by Gasteiger charge is 2.33. The van der Waals surface area contributed by atoms with Crippen LogP contribution in [-0.4, -0.2) is 25.8 Å². The number of nitriles is 1. The lowest BCUT2D eigenvalue weighted by Gasteiger charge is -2.27. The van der Waals surface area contributed by atoms with Gasteiger partial charge in [-0.1, -0.05) is 36.4 Å². The number of halogens is 1. The molecule has 0 aliphatic carbocycles. The van der Waals surface area contributed by atoms with Gasteiger partial charge in [0.2, 0.25) is 12.0 Å². The van der Waals surface area contributed by atoms with Crippen molar-refractivity contribution >= 4 is 5.97 Å². The van der Waals surface area contributed by atoms with Crippen LogP contribution in [0.2, 0.25) is 0 Å². The number of esters is 1. The fraction of sp³-hybridized carbons (Fsp3) is 0.152. The van der Waals surface area contributed by atoms with Gasteiger partial charge in [0.25, 0.3) is 0 Å². The summed E-state index contributed by atoms with van der Waals surface area (Å²) in [6.07, 6.45) is -0.953. The molecule has 2 aliphatic rings. The molecule has 2 unspecified atom stereocenters. The maximum absolute atomic E-state index is 13.2. The van der Waals surface area contributed by atoms with Crippen LogP contribution in [-0.2, 0) is 11.4 Å². The number of nitrogens with two attached hydrogens (primary N) is 1. The van der Waals surface area contributed by atoms with Gasteiger partial charge in [0.1, 0.15) is 42.2 Å². The van der Waals surface area contributed by atoms with E-state index in [4.69, 9.17) is 34.2 Å². The first-order chi connectivity index (χ1) is 20.9. The van der Waals surface area contributed by atoms with Gasteiger partial charge in [-0.2, -0.15) is 5.26 Å². The number of rotatable bonds is 7. The Hall–Kier alpha value is -5.69. The summed E-state index contributed by atoms with van der Waals surface area (Å²) < 4.78 is 47.5. The predicted octanol–water partition coefficient (Wildman–Crippen LogP) is 5.38. The molecule has 4 aromatic rings. The Balaban J connectivity index is 1.23. The molecule has 2 aliphatic heterocycles. The third kappa shape index (κ3) is 5.61. The molecule has 0 saturated carbocycles. The molecule has 0 radical (unpaired) electrons. The number of fused-ring (bicyclic) bond motifs is 2. The van der Waals surface area contributed by atoms with E-state index in [0.29, 0.717) is 39.9 Å². The van der Waals surface area contributed by atoms with Crippen molar-refractivity contribution < 1.29 is 37.6 Å². The molecule has 0 aromatic heterocycles. The Morgan fingerprint density at radius 1 is 1.00 bits per heavy atom. The third-order valence-electron chi connectivity index (χ3n) is 7.01. The lowest BCUT2D eigenvalue weighted by Crippen LogP contribution is -2.39. The molecule has 0 spiro atoms. The van der Waals surface area contributed by atoms with Crippen LogP contribution in [0, 0.1) is 17.1 Å². The number of ether oxygens (including phenoxy) is 6. The van der Waals surface area contributed by atoms with Crippen molar-refractivity contribution in [1.82, 2.24) is 0 Å². The SMILES string of the molecule is COc1cc(C2C(C#N)=C(N)Oc3cc(OC(=O)C4COc5ccccc5O4)ccc32)ccc1OCc1ccc(F)cc1. The van der Waals surface area contributed by atoms with Crippen molar-refractivity contribution in [3.8, 4) is 40.6 Å². The van der Waals surface area contributed by atoms with Gasteiger partial charge in [0.15, 0.2) is 23.0 Å². The maximum Gasteiger partial charge on any atom is 0.356 e. The van der Waals surface area contributed by atoms with Gasteiger partial charge >= 0.3 is 5.97 Å². The number of hydrogen-bond donors (Lipinski definition) is 1. The molecule has 9 nitrogen and oxygen atoms in total. The fourth-order valence-corrected chi connectivity index (χ4v) is 4.88. The zero-order chi connectivity index (χ0) is 29.9. The predicted molar refractivity (Wildman–Crippen MR) is 151 cm³/mol. The quantitative estimate of drug-likeness (QED) is 0.227. The van der Waals surface area contributed by atoms with Crippen LogP contribution < -0.4 is 34.2 Å². The number of carbonyl (C=O) groups excluding carboxylic acids is 1. The first-order valence-electron chi connectivity index (χ1n) is 13.3. The van der Waals surface area contributed by atoms with Crippen molar-refractivity contribution in [2.45, 2.75) is 18.6 Å². The molecule has 0 bridgehead atoms. The molecular formula is C33H25FN2O7. The van der Waals surface area contributed by atoms with Gasteiger partial charge in [-0.05, 0) is 53.6 Å². The van der Waals surface area contributed by atoms with Crippen molar-refractivity contribution in [2.24, 2.45) is 5.73 Å². The largest absolute Gasteiger partial charge is 0.493 e. The van der Waals surface area contributed by atoms with Crippen LogP contribution in [0.1, 0.15) is 22.6 Å². The highest BCUT2D eigenvalue weighted by atomic mass is 19.1. The molecule has 216 valence electrons. The number of nitrogens with zero attached hydrogens (tertiary/aromatic N) is 1. The lowest BCUT2D eigenvalue weighted by molar-refractivity contribution is -0.144. The molecular weight excluding hydrogens is 555 g/mol. The topological polar surface area (TPSA) is 122 Å². The number of para-hydroxylation sites is 2. The number of allylic oxidation sites excluding steroid dienone is 1. The van der Waals surface area contributed by atoms with Crippen LogP contribution in [0.15, 0.2) is 96.4 Å². The Kier molecular flexibility index (Phi) is 7.45. The summed E-state index contributed by atoms with van der Waals surface area (Å²) in [5.41, 5.74) is 8.52. The standard InChI is InChI=1S/C33H25FN2O7/c1-38-29-14-20(8-13-26(29)39-17-19-6-9-21(34)10-7-19)31-23-12-11-22(15-28(23)43-32(36)24(31)16-35)41-33(37)30-18-40-25-4-2-3-5-27(25)42-30/h2-15,30-31H,17-18,36H2,1H3. The zero-order valence-electron chi connectivity index (χ0n) is 22.9. The van der Waals surface area contributed by atoms with E-state index in [1.165, 1.54) is 25.3 Å². The summed E-state index contributed by atoms with van der Waals surface area (Å²) in [4.78, 5) is 12.9. The van der Waals surface area contributed by atoms with Crippen molar-refractivity contribution in [2.75, 3.05) is 13.7 Å². The minimum Gasteiger partial charge on any atom is -0.493 e. The van der Waals surface area contributed by atoms with Crippen molar-refractivity contribution in [3.05, 3.63) is 119 Å². The Bertz CT molecular complexity index is 1760. The van der Waals surface area contributed by atoms with E-state index >= 15 is 0 Å². The fourth-order valence-electron chi connectivity index (χ4n) is 4.88. The summed E-state index contributed by atoms with van der Waals surface area (Å²) in [5.74, 6) is 0.827. The summed E-state index contributed by atoms with van der Waals surface area (Å²) in [7, 11) is 1.51. The van der Waals surface area contributed by atoms with E-state index in [-0.39, 0.29) is 36.2 Å². The van der Waals surface area contributed by atoms with Crippen molar-refractivity contribution in [3.63, 3.8) is 0 Å². The number of carbonyl (C=O) groups is 1. The molecule has 0 fully saturated rings. The molecule has 6 rings (SSSR count). The Morgan fingerprint density at radius 2 is 1.79 bits per heavy atom. The van der Waals surface area contributed by atoms with Gasteiger partial charge in [0.05, 0.1) is 13.0 Å². The molecule has 2 heterocycles. The average molecular weight is 581 g/mol. The summed E-state index contributed by atoms with van der Waals surface area (Å²) in [6.45, 7) is 0.213. The minimum atomic E-state index is -0.953. The van der Waals surface area contributed by atoms with E-state index in [1.54, 1.807) is 60.7 Å². The zero-order valence-corrected chi connectivity index (χ0v) is 22.9. The minimum absolute atomic E-state index is 0.00597. The van der Waals surface area contributed by atoms with Gasteiger partial charge in [-0.3, -0.25) is 0 Å². The molecule has 0 saturated heterocycles. The summed E-state index contributed by atoms with van der Waals surface area (Å²) >= 11 is 0. The number of benzene rings is 4. The second kappa shape index (κ2) is 11.7. The van der Waals surface area contributed by atoms with Crippen LogP contribution in [0.5, 0.6) is 34.5 Å². The van der Waals surface area contributed by atoms with Gasteiger partial charge in [0, 0.05) is 11.6 Å². The second-order valence-corrected chi connectivity index (χ2v) is 9.74. The number of hydrogen-bond acceptors (Lipinski definition) is 9. The van der Waals surface area contributed by atoms with E-state index in [0.717, 1.165) is 5.56 Å². The van der Waals surface area contributed by atoms with Gasteiger partial charge in [-0.15, -0.1) is 0 Å². The second-order valence-electron chi connectivity index (χ2n) is 9.74. The van der Waals surface area contributed by atoms with E-state index in [1.807, 2.05) is 6.07 Å². The maximum atomic E-state index is 13.2. The normalized spacial score (nSPS) is 16.8. The first-order valence-corrected chi connectivity index (χ1v) is 13.3. The van der Waals surface area contributed by atoms with Crippen molar-refractivity contribution in [1.29, 1.82) is 5.26 Å². The van der Waals surface area contributed by atoms with Gasteiger partial charge < -0.3 is 34.2 Å². The highest BCUT2D eigenvalue weighted by molar-refractivity contribution is 5.78. The highest BCUT2D eigenvalue weighted by Crippen LogP contribution is 2.45. The summed E-state index contributed by atoms with van der Waals surface area (Å²) in [6, 6.07) is 25.4. The average Bonchev–Trinajstić information content (AvgIpc) is 3.03. The van der Waals surface area contributed by atoms with Gasteiger partial charge in [-0.25, -0.2) is 9.18 Å². The monoisotopic (exact) mass is 580 g/mol. The molecule has 10 heteroatoms. The first kappa shape index (κ1) is 27.5. The molecule has 0 amide bonds. The van der Waals surface area contributed by atoms with E-state index in [9.17, 15) is 14.4 Å². The van der Waals surface area contributed by atoms with E-state index < -0.39 is 18.0 Å². The van der Waals surface area contributed by atoms with Crippen LogP contribution in [0.25, 0.3) is 0 Å². The summed E-state index contributed by atoms with van der Waals surface area (Å²) in [5, 5.41) is 9.97. The molecule has 4 aromatic carbocycles.